The third kappa shape index (κ3) is 3.93. The summed E-state index contributed by atoms with van der Waals surface area (Å²) in [6, 6.07) is 30.8. The lowest BCUT2D eigenvalue weighted by atomic mass is 9.68. The van der Waals surface area contributed by atoms with Crippen molar-refractivity contribution in [3.8, 4) is 28.3 Å². The van der Waals surface area contributed by atoms with Gasteiger partial charge in [-0.1, -0.05) is 107 Å². The van der Waals surface area contributed by atoms with E-state index in [0.717, 1.165) is 53.1 Å². The normalized spacial score (nSPS) is 15.4. The topological polar surface area (TPSA) is 42.7 Å². The van der Waals surface area contributed by atoms with Crippen LogP contribution in [0.2, 0.25) is 0 Å². The van der Waals surface area contributed by atoms with Gasteiger partial charge in [-0.2, -0.15) is 0 Å². The van der Waals surface area contributed by atoms with E-state index < -0.39 is 0 Å². The minimum Gasteiger partial charge on any atom is -0.387 e. The van der Waals surface area contributed by atoms with E-state index in [1.54, 1.807) is 0 Å². The molecule has 0 radical (unpaired) electrons. The van der Waals surface area contributed by atoms with Crippen LogP contribution in [0.15, 0.2) is 91.0 Å². The standard InChI is InChI=1S/C40H30N4S.C2H6/c1-40(2)30-17-9-6-14-24(30)27-20-28-25-15-7-10-18-32(25)44(37(28)29-21-41-22-31(40)34(27)29)39-42-35(23-12-4-3-5-13-23)38-36(43-39)26-16-8-11-19-33(26)45-38;1-2/h3-7,9-15,17-21,41H,8,16,22H2,1-2H3;1-2H3. The molecule has 0 saturated carbocycles. The van der Waals surface area contributed by atoms with Gasteiger partial charge in [0, 0.05) is 44.6 Å². The van der Waals surface area contributed by atoms with Gasteiger partial charge in [-0.05, 0) is 64.1 Å². The Balaban J connectivity index is 0.00000149. The first kappa shape index (κ1) is 28.2. The Morgan fingerprint density at radius 1 is 0.851 bits per heavy atom. The molecule has 7 aromatic rings. The number of allylic oxidation sites excluding steroid dienone is 1. The highest BCUT2D eigenvalue weighted by molar-refractivity contribution is 7.20. The van der Waals surface area contributed by atoms with Crippen LogP contribution in [0, 0.1) is 0 Å². The molecule has 5 heteroatoms. The number of fused-ring (bicyclic) bond motifs is 9. The van der Waals surface area contributed by atoms with Crippen molar-refractivity contribution in [3.63, 3.8) is 0 Å². The first-order valence-electron chi connectivity index (χ1n) is 16.8. The molecular weight excluding hydrogens is 593 g/mol. The average Bonchev–Trinajstić information content (AvgIpc) is 3.67. The lowest BCUT2D eigenvalue weighted by molar-refractivity contribution is 0.659. The maximum Gasteiger partial charge on any atom is 0.235 e. The predicted octanol–water partition coefficient (Wildman–Crippen LogP) is 8.89. The third-order valence-electron chi connectivity index (χ3n) is 10.2. The van der Waals surface area contributed by atoms with Crippen molar-refractivity contribution in [2.45, 2.75) is 46.0 Å². The number of nitrogens with one attached hydrogen (secondary N) is 1. The van der Waals surface area contributed by atoms with Crippen molar-refractivity contribution in [1.82, 2.24) is 19.9 Å². The molecule has 0 atom stereocenters. The fourth-order valence-corrected chi connectivity index (χ4v) is 9.29. The number of para-hydroxylation sites is 1. The molecule has 4 heterocycles. The Hall–Kier alpha value is -5.00. The van der Waals surface area contributed by atoms with Crippen molar-refractivity contribution in [2.24, 2.45) is 0 Å². The van der Waals surface area contributed by atoms with Gasteiger partial charge in [0.25, 0.3) is 0 Å². The molecule has 230 valence electrons. The molecule has 3 aliphatic rings. The summed E-state index contributed by atoms with van der Waals surface area (Å²) in [4.78, 5) is 12.2. The molecule has 3 aromatic heterocycles. The summed E-state index contributed by atoms with van der Waals surface area (Å²) >= 11 is 1.82. The minimum atomic E-state index is -0.0940. The van der Waals surface area contributed by atoms with Gasteiger partial charge in [0.1, 0.15) is 0 Å². The molecule has 0 amide bonds. The predicted molar refractivity (Wildman–Crippen MR) is 199 cm³/mol. The van der Waals surface area contributed by atoms with E-state index in [4.69, 9.17) is 9.97 Å². The SMILES string of the molecule is CC.CC1(C)C2=c3c(cc4c5ccccc5n(-c5nc(-c6ccccc6)c6sc7c(c6n5)CCC=C7)c4c3=CNC2)-c2ccccc21. The Morgan fingerprint density at radius 2 is 1.64 bits per heavy atom. The van der Waals surface area contributed by atoms with Crippen LogP contribution in [-0.4, -0.2) is 21.1 Å². The number of aromatic nitrogens is 3. The summed E-state index contributed by atoms with van der Waals surface area (Å²) in [6.07, 6.45) is 8.84. The number of nitrogens with zero attached hydrogens (tertiary/aromatic N) is 3. The lowest BCUT2D eigenvalue weighted by Crippen LogP contribution is -2.46. The van der Waals surface area contributed by atoms with Gasteiger partial charge < -0.3 is 5.32 Å². The number of aryl methyl sites for hydroxylation is 1. The van der Waals surface area contributed by atoms with Gasteiger partial charge >= 0.3 is 0 Å². The van der Waals surface area contributed by atoms with E-state index >= 15 is 0 Å². The van der Waals surface area contributed by atoms with E-state index in [1.807, 2.05) is 25.2 Å². The molecule has 0 saturated heterocycles. The van der Waals surface area contributed by atoms with E-state index in [-0.39, 0.29) is 5.41 Å². The zero-order chi connectivity index (χ0) is 31.9. The second kappa shape index (κ2) is 10.5. The van der Waals surface area contributed by atoms with Crippen LogP contribution in [0.25, 0.3) is 78.2 Å². The monoisotopic (exact) mass is 628 g/mol. The maximum atomic E-state index is 5.45. The van der Waals surface area contributed by atoms with Crippen molar-refractivity contribution >= 4 is 61.2 Å². The Labute approximate surface area is 278 Å². The van der Waals surface area contributed by atoms with E-state index in [2.05, 4.69) is 127 Å². The molecule has 0 bridgehead atoms. The van der Waals surface area contributed by atoms with Gasteiger partial charge in [0.15, 0.2) is 0 Å². The zero-order valence-corrected chi connectivity index (χ0v) is 28.0. The van der Waals surface area contributed by atoms with Crippen LogP contribution in [0.1, 0.15) is 50.1 Å². The van der Waals surface area contributed by atoms with Crippen LogP contribution in [0.4, 0.5) is 0 Å². The average molecular weight is 629 g/mol. The third-order valence-corrected chi connectivity index (χ3v) is 11.4. The summed E-state index contributed by atoms with van der Waals surface area (Å²) in [5.74, 6) is 0.731. The molecule has 0 unspecified atom stereocenters. The zero-order valence-electron chi connectivity index (χ0n) is 27.2. The fourth-order valence-electron chi connectivity index (χ4n) is 8.06. The lowest BCUT2D eigenvalue weighted by Gasteiger charge is -2.37. The van der Waals surface area contributed by atoms with Gasteiger partial charge in [-0.15, -0.1) is 11.3 Å². The molecular formula is C42H36N4S. The van der Waals surface area contributed by atoms with Gasteiger partial charge in [-0.25, -0.2) is 9.97 Å². The number of hydrogen-bond donors (Lipinski definition) is 1. The summed E-state index contributed by atoms with van der Waals surface area (Å²) in [7, 11) is 0. The van der Waals surface area contributed by atoms with Crippen molar-refractivity contribution in [2.75, 3.05) is 6.54 Å². The van der Waals surface area contributed by atoms with Crippen LogP contribution >= 0.6 is 11.3 Å². The van der Waals surface area contributed by atoms with Gasteiger partial charge in [-0.3, -0.25) is 4.57 Å². The molecule has 0 spiro atoms. The van der Waals surface area contributed by atoms with E-state index in [1.165, 1.54) is 58.6 Å². The Morgan fingerprint density at radius 3 is 2.51 bits per heavy atom. The molecule has 10 rings (SSSR count). The second-order valence-corrected chi connectivity index (χ2v) is 14.0. The Bertz CT molecular complexity index is 2570. The van der Waals surface area contributed by atoms with Gasteiger partial charge in [0.2, 0.25) is 5.95 Å². The number of rotatable bonds is 2. The van der Waals surface area contributed by atoms with E-state index in [0.29, 0.717) is 0 Å². The second-order valence-electron chi connectivity index (χ2n) is 12.9. The largest absolute Gasteiger partial charge is 0.387 e. The van der Waals surface area contributed by atoms with Crippen LogP contribution < -0.4 is 15.8 Å². The minimum absolute atomic E-state index is 0.0940. The molecule has 47 heavy (non-hydrogen) atoms. The molecule has 0 fully saturated rings. The molecule has 4 aromatic carbocycles. The highest BCUT2D eigenvalue weighted by atomic mass is 32.1. The molecule has 2 aliphatic carbocycles. The molecule has 1 aliphatic heterocycles. The molecule has 4 nitrogen and oxygen atoms in total. The van der Waals surface area contributed by atoms with Crippen molar-refractivity contribution < 1.29 is 0 Å². The summed E-state index contributed by atoms with van der Waals surface area (Å²) in [5, 5.41) is 8.72. The maximum absolute atomic E-state index is 5.45. The van der Waals surface area contributed by atoms with E-state index in [9.17, 15) is 0 Å². The highest BCUT2D eigenvalue weighted by Crippen LogP contribution is 2.44. The van der Waals surface area contributed by atoms with Gasteiger partial charge in [0.05, 0.1) is 26.9 Å². The van der Waals surface area contributed by atoms with Crippen molar-refractivity contribution in [3.05, 3.63) is 117 Å². The van der Waals surface area contributed by atoms with Crippen LogP contribution in [-0.2, 0) is 11.8 Å². The van der Waals surface area contributed by atoms with Crippen molar-refractivity contribution in [1.29, 1.82) is 0 Å². The summed E-state index contributed by atoms with van der Waals surface area (Å²) < 4.78 is 3.51. The van der Waals surface area contributed by atoms with Crippen LogP contribution in [0.3, 0.4) is 0 Å². The fraction of sp³-hybridized carbons (Fsp3) is 0.190. The smallest absolute Gasteiger partial charge is 0.235 e. The molecule has 1 N–H and O–H groups in total. The number of benzene rings is 4. The first-order valence-corrected chi connectivity index (χ1v) is 17.6. The summed E-state index contributed by atoms with van der Waals surface area (Å²) in [6.45, 7) is 9.58. The highest BCUT2D eigenvalue weighted by Gasteiger charge is 2.35. The first-order chi connectivity index (χ1) is 23.1. The quantitative estimate of drug-likeness (QED) is 0.208. The summed E-state index contributed by atoms with van der Waals surface area (Å²) in [5.41, 5.74) is 12.2. The van der Waals surface area contributed by atoms with Crippen LogP contribution in [0.5, 0.6) is 0 Å². The Kier molecular flexibility index (Phi) is 6.32. The number of hydrogen-bond acceptors (Lipinski definition) is 4. The number of thiophene rings is 1.